The van der Waals surface area contributed by atoms with Gasteiger partial charge < -0.3 is 20.3 Å². The van der Waals surface area contributed by atoms with E-state index in [0.717, 1.165) is 30.0 Å². The minimum Gasteiger partial charge on any atom is -0.462 e. The van der Waals surface area contributed by atoms with Crippen molar-refractivity contribution < 1.29 is 9.53 Å². The minimum atomic E-state index is -0.200. The molecule has 6 rings (SSSR count). The topological polar surface area (TPSA) is 92.3 Å². The van der Waals surface area contributed by atoms with Crippen LogP contribution in [0.4, 0.5) is 5.82 Å². The summed E-state index contributed by atoms with van der Waals surface area (Å²) < 4.78 is 6.09. The van der Waals surface area contributed by atoms with Crippen LogP contribution in [0.2, 0.25) is 0 Å². The third kappa shape index (κ3) is 4.41. The Labute approximate surface area is 211 Å². The largest absolute Gasteiger partial charge is 0.462 e. The van der Waals surface area contributed by atoms with E-state index in [9.17, 15) is 4.79 Å². The van der Waals surface area contributed by atoms with Gasteiger partial charge in [0.2, 0.25) is 5.91 Å². The van der Waals surface area contributed by atoms with E-state index >= 15 is 0 Å². The van der Waals surface area contributed by atoms with E-state index in [1.54, 1.807) is 0 Å². The summed E-state index contributed by atoms with van der Waals surface area (Å²) in [7, 11) is 2.13. The number of amides is 1. The maximum atomic E-state index is 11.5. The Morgan fingerprint density at radius 2 is 2.14 bits per heavy atom. The van der Waals surface area contributed by atoms with Crippen LogP contribution in [-0.2, 0) is 11.2 Å². The molecule has 1 amide bonds. The van der Waals surface area contributed by atoms with Gasteiger partial charge >= 0.3 is 6.01 Å². The fraction of sp³-hybridized carbons (Fsp3) is 0.429. The molecule has 3 aromatic rings. The number of benzene rings is 1. The van der Waals surface area contributed by atoms with E-state index in [2.05, 4.69) is 58.4 Å². The highest BCUT2D eigenvalue weighted by Gasteiger charge is 2.46. The van der Waals surface area contributed by atoms with Gasteiger partial charge in [0.15, 0.2) is 5.65 Å². The number of aromatic nitrogens is 3. The number of nitrogens with zero attached hydrogens (tertiary/aromatic N) is 4. The van der Waals surface area contributed by atoms with E-state index in [0.29, 0.717) is 49.1 Å². The first-order valence-electron chi connectivity index (χ1n) is 12.9. The Morgan fingerprint density at radius 3 is 2.97 bits per heavy atom. The summed E-state index contributed by atoms with van der Waals surface area (Å²) in [6.07, 6.45) is 6.04. The molecule has 3 aliphatic rings. The highest BCUT2D eigenvalue weighted by molar-refractivity contribution is 5.89. The number of pyridine rings is 1. The van der Waals surface area contributed by atoms with E-state index in [1.807, 2.05) is 6.07 Å². The molecule has 2 N–H and O–H groups in total. The van der Waals surface area contributed by atoms with Crippen LogP contribution in [0, 0.1) is 5.92 Å². The average molecular weight is 485 g/mol. The highest BCUT2D eigenvalue weighted by Crippen LogP contribution is 2.58. The predicted octanol–water partition coefficient (Wildman–Crippen LogP) is 3.54. The number of carbonyl (C=O) groups is 1. The fourth-order valence-electron chi connectivity index (χ4n) is 5.70. The molecule has 1 aliphatic heterocycles. The lowest BCUT2D eigenvalue weighted by atomic mass is 9.97. The van der Waals surface area contributed by atoms with Crippen molar-refractivity contribution in [2.24, 2.45) is 5.92 Å². The zero-order valence-electron chi connectivity index (χ0n) is 20.7. The zero-order valence-corrected chi connectivity index (χ0v) is 20.7. The SMILES string of the molecule is C=CC(=O)NCCNc1nc(OC[C@@H]2CCCN2C)nc2nc(-c3cccc4c3C3CC3C4)ccc12. The molecule has 2 aliphatic carbocycles. The van der Waals surface area contributed by atoms with Crippen molar-refractivity contribution in [3.8, 4) is 17.3 Å². The van der Waals surface area contributed by atoms with Crippen molar-refractivity contribution in [1.29, 1.82) is 0 Å². The predicted molar refractivity (Wildman–Crippen MR) is 140 cm³/mol. The van der Waals surface area contributed by atoms with Gasteiger partial charge in [0.05, 0.1) is 11.1 Å². The molecule has 2 fully saturated rings. The molecule has 8 nitrogen and oxygen atoms in total. The number of hydrogen-bond acceptors (Lipinski definition) is 7. The van der Waals surface area contributed by atoms with Crippen molar-refractivity contribution in [3.63, 3.8) is 0 Å². The molecule has 2 aromatic heterocycles. The Morgan fingerprint density at radius 1 is 1.22 bits per heavy atom. The van der Waals surface area contributed by atoms with Crippen molar-refractivity contribution in [1.82, 2.24) is 25.2 Å². The molecule has 0 bridgehead atoms. The van der Waals surface area contributed by atoms with Gasteiger partial charge in [-0.3, -0.25) is 4.79 Å². The van der Waals surface area contributed by atoms with Crippen LogP contribution in [0.15, 0.2) is 43.0 Å². The molecule has 8 heteroatoms. The van der Waals surface area contributed by atoms with Gasteiger partial charge in [-0.1, -0.05) is 24.8 Å². The molecule has 186 valence electrons. The van der Waals surface area contributed by atoms with E-state index < -0.39 is 0 Å². The van der Waals surface area contributed by atoms with Crippen LogP contribution in [-0.4, -0.2) is 65.1 Å². The molecular weight excluding hydrogens is 452 g/mol. The highest BCUT2D eigenvalue weighted by atomic mass is 16.5. The maximum absolute atomic E-state index is 11.5. The normalized spacial score (nSPS) is 22.2. The molecule has 36 heavy (non-hydrogen) atoms. The van der Waals surface area contributed by atoms with Crippen LogP contribution in [0.25, 0.3) is 22.3 Å². The van der Waals surface area contributed by atoms with Gasteiger partial charge in [0, 0.05) is 24.7 Å². The average Bonchev–Trinajstić information content (AvgIpc) is 3.37. The van der Waals surface area contributed by atoms with Crippen molar-refractivity contribution in [3.05, 3.63) is 54.1 Å². The van der Waals surface area contributed by atoms with Crippen LogP contribution in [0.5, 0.6) is 6.01 Å². The standard InChI is InChI=1S/C28H32N6O2/c1-3-24(35)29-11-12-30-26-21-9-10-23(20-8-4-6-17-14-18-15-22(18)25(17)20)31-27(21)33-28(32-26)36-16-19-7-5-13-34(19)2/h3-4,6,8-10,18-19,22H,1,5,7,11-16H2,2H3,(H,29,35)(H,30,31,32,33)/t18?,19-,22?/m0/s1. The second-order valence-electron chi connectivity index (χ2n) is 10.1. The molecule has 3 atom stereocenters. The third-order valence-electron chi connectivity index (χ3n) is 7.77. The molecular formula is C28H32N6O2. The van der Waals surface area contributed by atoms with Gasteiger partial charge in [-0.15, -0.1) is 0 Å². The molecule has 0 spiro atoms. The molecule has 3 heterocycles. The first-order valence-corrected chi connectivity index (χ1v) is 12.9. The number of fused-ring (bicyclic) bond motifs is 4. The maximum Gasteiger partial charge on any atom is 0.320 e. The lowest BCUT2D eigenvalue weighted by Gasteiger charge is -2.19. The quantitative estimate of drug-likeness (QED) is 0.355. The molecule has 1 aromatic carbocycles. The molecule has 1 saturated heterocycles. The van der Waals surface area contributed by atoms with E-state index in [-0.39, 0.29) is 5.91 Å². The Balaban J connectivity index is 1.31. The lowest BCUT2D eigenvalue weighted by Crippen LogP contribution is -2.31. The smallest absolute Gasteiger partial charge is 0.320 e. The van der Waals surface area contributed by atoms with Crippen LogP contribution in [0.3, 0.4) is 0 Å². The van der Waals surface area contributed by atoms with E-state index in [4.69, 9.17) is 14.7 Å². The number of likely N-dealkylation sites (tertiary alicyclic amines) is 1. The van der Waals surface area contributed by atoms with Gasteiger partial charge in [-0.2, -0.15) is 9.97 Å². The summed E-state index contributed by atoms with van der Waals surface area (Å²) in [5.41, 5.74) is 5.70. The lowest BCUT2D eigenvalue weighted by molar-refractivity contribution is -0.116. The Bertz CT molecular complexity index is 1320. The Hall–Kier alpha value is -3.52. The number of ether oxygens (including phenoxy) is 1. The number of nitrogens with one attached hydrogen (secondary N) is 2. The van der Waals surface area contributed by atoms with Gasteiger partial charge in [-0.05, 0) is 80.4 Å². The van der Waals surface area contributed by atoms with Gasteiger partial charge in [0.1, 0.15) is 12.4 Å². The molecule has 0 radical (unpaired) electrons. The van der Waals surface area contributed by atoms with Gasteiger partial charge in [-0.25, -0.2) is 4.98 Å². The van der Waals surface area contributed by atoms with Crippen LogP contribution >= 0.6 is 0 Å². The Kier molecular flexibility index (Phi) is 6.05. The van der Waals surface area contributed by atoms with E-state index in [1.165, 1.54) is 42.0 Å². The summed E-state index contributed by atoms with van der Waals surface area (Å²) in [4.78, 5) is 28.2. The molecule has 1 saturated carbocycles. The number of rotatable bonds is 9. The second-order valence-corrected chi connectivity index (χ2v) is 10.1. The number of hydrogen-bond donors (Lipinski definition) is 2. The minimum absolute atomic E-state index is 0.200. The summed E-state index contributed by atoms with van der Waals surface area (Å²) in [5, 5.41) is 6.94. The molecule has 2 unspecified atom stereocenters. The van der Waals surface area contributed by atoms with Gasteiger partial charge in [0.25, 0.3) is 0 Å². The monoisotopic (exact) mass is 484 g/mol. The number of likely N-dealkylation sites (N-methyl/N-ethyl adjacent to an activating group) is 1. The number of anilines is 1. The third-order valence-corrected chi connectivity index (χ3v) is 7.77. The summed E-state index contributed by atoms with van der Waals surface area (Å²) >= 11 is 0. The first kappa shape index (κ1) is 22.9. The first-order chi connectivity index (χ1) is 17.6. The van der Waals surface area contributed by atoms with Crippen molar-refractivity contribution >= 4 is 22.8 Å². The van der Waals surface area contributed by atoms with Crippen molar-refractivity contribution in [2.45, 2.75) is 37.6 Å². The zero-order chi connectivity index (χ0) is 24.6. The second kappa shape index (κ2) is 9.50. The number of carbonyl (C=O) groups excluding carboxylic acids is 1. The van der Waals surface area contributed by atoms with Crippen molar-refractivity contribution in [2.75, 3.05) is 38.6 Å². The summed E-state index contributed by atoms with van der Waals surface area (Å²) in [5.74, 6) is 1.95. The van der Waals surface area contributed by atoms with Crippen LogP contribution in [0.1, 0.15) is 36.3 Å². The van der Waals surface area contributed by atoms with Crippen LogP contribution < -0.4 is 15.4 Å². The summed E-state index contributed by atoms with van der Waals surface area (Å²) in [6.45, 7) is 6.08. The fourth-order valence-corrected chi connectivity index (χ4v) is 5.70. The summed E-state index contributed by atoms with van der Waals surface area (Å²) in [6, 6.07) is 11.4.